The summed E-state index contributed by atoms with van der Waals surface area (Å²) in [6, 6.07) is 23.7. The summed E-state index contributed by atoms with van der Waals surface area (Å²) in [4.78, 5) is 15.0. The molecule has 1 aliphatic rings. The number of fused-ring (bicyclic) bond motifs is 1. The smallest absolute Gasteiger partial charge is 0.223 e. The summed E-state index contributed by atoms with van der Waals surface area (Å²) < 4.78 is 0. The first-order chi connectivity index (χ1) is 12.7. The van der Waals surface area contributed by atoms with Crippen LogP contribution < -0.4 is 0 Å². The van der Waals surface area contributed by atoms with Crippen LogP contribution in [0.1, 0.15) is 42.0 Å². The highest BCUT2D eigenvalue weighted by molar-refractivity contribution is 5.83. The predicted octanol–water partition coefficient (Wildman–Crippen LogP) is 5.44. The summed E-state index contributed by atoms with van der Waals surface area (Å²) in [5.41, 5.74) is 3.78. The van der Waals surface area contributed by atoms with Crippen molar-refractivity contribution in [3.8, 4) is 0 Å². The number of nitrogens with zero attached hydrogens (tertiary/aromatic N) is 1. The van der Waals surface area contributed by atoms with Gasteiger partial charge >= 0.3 is 0 Å². The van der Waals surface area contributed by atoms with Crippen LogP contribution in [0, 0.1) is 6.92 Å². The molecule has 0 bridgehead atoms. The zero-order valence-electron chi connectivity index (χ0n) is 15.3. The van der Waals surface area contributed by atoms with Gasteiger partial charge in [0.1, 0.15) is 0 Å². The average molecular weight is 343 g/mol. The van der Waals surface area contributed by atoms with E-state index in [1.807, 2.05) is 0 Å². The fraction of sp³-hybridized carbons (Fsp3) is 0.292. The van der Waals surface area contributed by atoms with Crippen molar-refractivity contribution in [1.82, 2.24) is 4.90 Å². The van der Waals surface area contributed by atoms with Gasteiger partial charge in [0.15, 0.2) is 0 Å². The lowest BCUT2D eigenvalue weighted by atomic mass is 10.0. The first-order valence-corrected chi connectivity index (χ1v) is 9.54. The minimum absolute atomic E-state index is 0.249. The van der Waals surface area contributed by atoms with E-state index in [1.165, 1.54) is 27.5 Å². The Morgan fingerprint density at radius 2 is 1.85 bits per heavy atom. The Kier molecular flexibility index (Phi) is 4.75. The third-order valence-electron chi connectivity index (χ3n) is 5.44. The number of carbonyl (C=O) groups is 1. The Hall–Kier alpha value is -2.61. The minimum atomic E-state index is 0.249. The van der Waals surface area contributed by atoms with E-state index in [9.17, 15) is 4.79 Å². The summed E-state index contributed by atoms with van der Waals surface area (Å²) in [6.45, 7) is 3.00. The van der Waals surface area contributed by atoms with Crippen molar-refractivity contribution < 1.29 is 4.79 Å². The maximum atomic E-state index is 12.9. The molecule has 26 heavy (non-hydrogen) atoms. The van der Waals surface area contributed by atoms with Gasteiger partial charge in [0, 0.05) is 13.0 Å². The highest BCUT2D eigenvalue weighted by Gasteiger charge is 2.29. The molecular weight excluding hydrogens is 318 g/mol. The SMILES string of the molecule is Cc1cccc(C2CCCN2C(=O)CCc2ccc3ccccc3c2)c1. The van der Waals surface area contributed by atoms with Crippen LogP contribution >= 0.6 is 0 Å². The molecule has 0 spiro atoms. The number of hydrogen-bond acceptors (Lipinski definition) is 1. The summed E-state index contributed by atoms with van der Waals surface area (Å²) in [5, 5.41) is 2.50. The van der Waals surface area contributed by atoms with Gasteiger partial charge in [-0.2, -0.15) is 0 Å². The molecule has 0 aliphatic carbocycles. The lowest BCUT2D eigenvalue weighted by Gasteiger charge is -2.25. The van der Waals surface area contributed by atoms with Crippen LogP contribution in [0.25, 0.3) is 10.8 Å². The second kappa shape index (κ2) is 7.33. The van der Waals surface area contributed by atoms with Crippen molar-refractivity contribution in [1.29, 1.82) is 0 Å². The number of amides is 1. The molecule has 2 nitrogen and oxygen atoms in total. The van der Waals surface area contributed by atoms with Gasteiger partial charge in [0.2, 0.25) is 5.91 Å². The molecule has 4 rings (SSSR count). The normalized spacial score (nSPS) is 17.0. The monoisotopic (exact) mass is 343 g/mol. The van der Waals surface area contributed by atoms with Gasteiger partial charge in [-0.1, -0.05) is 72.3 Å². The molecule has 1 aliphatic heterocycles. The number of benzene rings is 3. The zero-order valence-corrected chi connectivity index (χ0v) is 15.3. The number of hydrogen-bond donors (Lipinski definition) is 0. The summed E-state index contributed by atoms with van der Waals surface area (Å²) in [6.07, 6.45) is 3.56. The summed E-state index contributed by atoms with van der Waals surface area (Å²) >= 11 is 0. The Balaban J connectivity index is 1.45. The van der Waals surface area contributed by atoms with Crippen LogP contribution in [0.3, 0.4) is 0 Å². The molecule has 0 aromatic heterocycles. The average Bonchev–Trinajstić information content (AvgIpc) is 3.16. The molecule has 3 aromatic rings. The van der Waals surface area contributed by atoms with Crippen molar-refractivity contribution in [3.05, 3.63) is 83.4 Å². The second-order valence-electron chi connectivity index (χ2n) is 7.34. The Morgan fingerprint density at radius 3 is 2.69 bits per heavy atom. The minimum Gasteiger partial charge on any atom is -0.336 e. The van der Waals surface area contributed by atoms with E-state index in [1.54, 1.807) is 0 Å². The van der Waals surface area contributed by atoms with Gasteiger partial charge in [0.25, 0.3) is 0 Å². The van der Waals surface area contributed by atoms with E-state index in [0.29, 0.717) is 6.42 Å². The molecule has 0 radical (unpaired) electrons. The van der Waals surface area contributed by atoms with Crippen LogP contribution in [0.4, 0.5) is 0 Å². The van der Waals surface area contributed by atoms with Crippen LogP contribution in [0.15, 0.2) is 66.7 Å². The number of carbonyl (C=O) groups excluding carboxylic acids is 1. The van der Waals surface area contributed by atoms with Crippen molar-refractivity contribution in [3.63, 3.8) is 0 Å². The fourth-order valence-electron chi connectivity index (χ4n) is 4.08. The quantitative estimate of drug-likeness (QED) is 0.617. The van der Waals surface area contributed by atoms with Crippen LogP contribution in [-0.2, 0) is 11.2 Å². The van der Waals surface area contributed by atoms with E-state index in [2.05, 4.69) is 78.6 Å². The summed E-state index contributed by atoms with van der Waals surface area (Å²) in [5.74, 6) is 0.280. The maximum absolute atomic E-state index is 12.9. The Morgan fingerprint density at radius 1 is 1.00 bits per heavy atom. The highest BCUT2D eigenvalue weighted by atomic mass is 16.2. The van der Waals surface area contributed by atoms with Gasteiger partial charge in [-0.25, -0.2) is 0 Å². The Labute approximate surface area is 155 Å². The molecule has 1 atom stereocenters. The predicted molar refractivity (Wildman–Crippen MR) is 107 cm³/mol. The summed E-state index contributed by atoms with van der Waals surface area (Å²) in [7, 11) is 0. The van der Waals surface area contributed by atoms with Gasteiger partial charge in [-0.15, -0.1) is 0 Å². The van der Waals surface area contributed by atoms with Crippen LogP contribution in [-0.4, -0.2) is 17.4 Å². The van der Waals surface area contributed by atoms with E-state index < -0.39 is 0 Å². The van der Waals surface area contributed by atoms with Crippen molar-refractivity contribution in [2.75, 3.05) is 6.54 Å². The van der Waals surface area contributed by atoms with Crippen LogP contribution in [0.2, 0.25) is 0 Å². The van der Waals surface area contributed by atoms with Crippen molar-refractivity contribution in [2.45, 2.75) is 38.6 Å². The van der Waals surface area contributed by atoms with Gasteiger partial charge in [-0.3, -0.25) is 4.79 Å². The molecule has 3 aromatic carbocycles. The first kappa shape index (κ1) is 16.8. The first-order valence-electron chi connectivity index (χ1n) is 9.54. The number of likely N-dealkylation sites (tertiary alicyclic amines) is 1. The lowest BCUT2D eigenvalue weighted by Crippen LogP contribution is -2.30. The second-order valence-corrected chi connectivity index (χ2v) is 7.34. The van der Waals surface area contributed by atoms with Gasteiger partial charge < -0.3 is 4.90 Å². The molecule has 1 amide bonds. The fourth-order valence-corrected chi connectivity index (χ4v) is 4.08. The molecule has 1 saturated heterocycles. The third kappa shape index (κ3) is 3.50. The van der Waals surface area contributed by atoms with Crippen molar-refractivity contribution >= 4 is 16.7 Å². The van der Waals surface area contributed by atoms with E-state index in [0.717, 1.165) is 25.8 Å². The Bertz CT molecular complexity index is 930. The molecule has 1 unspecified atom stereocenters. The van der Waals surface area contributed by atoms with E-state index in [-0.39, 0.29) is 11.9 Å². The third-order valence-corrected chi connectivity index (χ3v) is 5.44. The van der Waals surface area contributed by atoms with Crippen molar-refractivity contribution in [2.24, 2.45) is 0 Å². The zero-order chi connectivity index (χ0) is 17.9. The van der Waals surface area contributed by atoms with Gasteiger partial charge in [-0.05, 0) is 48.1 Å². The largest absolute Gasteiger partial charge is 0.336 e. The maximum Gasteiger partial charge on any atom is 0.223 e. The van der Waals surface area contributed by atoms with E-state index >= 15 is 0 Å². The van der Waals surface area contributed by atoms with E-state index in [4.69, 9.17) is 0 Å². The molecule has 0 N–H and O–H groups in total. The molecule has 2 heteroatoms. The lowest BCUT2D eigenvalue weighted by molar-refractivity contribution is -0.132. The highest BCUT2D eigenvalue weighted by Crippen LogP contribution is 2.33. The topological polar surface area (TPSA) is 20.3 Å². The van der Waals surface area contributed by atoms with Gasteiger partial charge in [0.05, 0.1) is 6.04 Å². The molecule has 0 saturated carbocycles. The number of aryl methyl sites for hydroxylation is 2. The standard InChI is InChI=1S/C24H25NO/c1-18-6-4-9-22(16-18)23-10-5-15-25(23)24(26)14-12-19-11-13-20-7-2-3-8-21(20)17-19/h2-4,6-9,11,13,16-17,23H,5,10,12,14-15H2,1H3. The molecule has 132 valence electrons. The molecular formula is C24H25NO. The van der Waals surface area contributed by atoms with Crippen LogP contribution in [0.5, 0.6) is 0 Å². The molecule has 1 fully saturated rings. The number of rotatable bonds is 4. The molecule has 1 heterocycles.